The first-order valence-electron chi connectivity index (χ1n) is 15.4. The number of unbranched alkanes of at least 4 members (excludes halogenated alkanes) is 3. The number of benzene rings is 2. The molecule has 2 aliphatic heterocycles. The highest BCUT2D eigenvalue weighted by molar-refractivity contribution is 7.99. The first-order chi connectivity index (χ1) is 20.6. The normalized spacial score (nSPS) is 25.5. The van der Waals surface area contributed by atoms with Gasteiger partial charge >= 0.3 is 7.82 Å². The molecule has 0 saturated carbocycles. The zero-order valence-electron chi connectivity index (χ0n) is 25.2. The zero-order valence-corrected chi connectivity index (χ0v) is 26.9. The second kappa shape index (κ2) is 17.9. The molecule has 2 heterocycles. The summed E-state index contributed by atoms with van der Waals surface area (Å²) in [5.41, 5.74) is 1.28. The van der Waals surface area contributed by atoms with Crippen LogP contribution < -0.4 is 0 Å². The molecule has 42 heavy (non-hydrogen) atoms. The van der Waals surface area contributed by atoms with Crippen molar-refractivity contribution >= 4 is 19.6 Å². The topological polar surface area (TPSA) is 81.7 Å². The summed E-state index contributed by atoms with van der Waals surface area (Å²) in [6.45, 7) is 8.72. The van der Waals surface area contributed by atoms with Crippen LogP contribution in [-0.2, 0) is 50.3 Å². The molecule has 4 rings (SSSR count). The fourth-order valence-electron chi connectivity index (χ4n) is 4.80. The molecule has 10 heteroatoms. The van der Waals surface area contributed by atoms with E-state index >= 15 is 0 Å². The van der Waals surface area contributed by atoms with Crippen molar-refractivity contribution in [1.82, 2.24) is 0 Å². The van der Waals surface area contributed by atoms with Crippen molar-refractivity contribution in [2.24, 2.45) is 0 Å². The fraction of sp³-hybridized carbons (Fsp3) is 0.625. The first-order valence-corrected chi connectivity index (χ1v) is 17.7. The van der Waals surface area contributed by atoms with Crippen LogP contribution in [0, 0.1) is 0 Å². The standard InChI is InChI=1S/C32H47O8PS/c1-4-7-19-34-24-28-29(35-20-8-5-2)30(36-21-9-6-3)31(32(39-28)42-27-17-11-10-12-18-27)40-41(33)37-22-25-15-13-14-16-26(25)23-38-41/h10-18,28-32H,4-9,19-24H2,1-3H3. The van der Waals surface area contributed by atoms with E-state index < -0.39 is 37.7 Å². The van der Waals surface area contributed by atoms with Gasteiger partial charge in [0.25, 0.3) is 0 Å². The number of ether oxygens (including phenoxy) is 4. The molecule has 8 nitrogen and oxygen atoms in total. The van der Waals surface area contributed by atoms with Crippen molar-refractivity contribution < 1.29 is 37.1 Å². The highest BCUT2D eigenvalue weighted by Gasteiger charge is 2.52. The Labute approximate surface area is 255 Å². The van der Waals surface area contributed by atoms with Gasteiger partial charge in [0, 0.05) is 24.7 Å². The summed E-state index contributed by atoms with van der Waals surface area (Å²) in [6, 6.07) is 17.7. The second-order valence-corrected chi connectivity index (χ2v) is 13.4. The number of rotatable bonds is 17. The SMILES string of the molecule is CCCCOCC1OC(Sc2ccccc2)C(OP2(=O)OCc3ccccc3CO2)C(OCCCC)C1OCCCC. The molecule has 2 aromatic rings. The number of phosphoric ester groups is 1. The molecule has 0 aliphatic carbocycles. The van der Waals surface area contributed by atoms with Crippen LogP contribution in [0.3, 0.4) is 0 Å². The van der Waals surface area contributed by atoms with E-state index in [1.54, 1.807) is 0 Å². The Bertz CT molecular complexity index is 1060. The summed E-state index contributed by atoms with van der Waals surface area (Å²) >= 11 is 1.50. The van der Waals surface area contributed by atoms with Gasteiger partial charge in [-0.15, -0.1) is 0 Å². The van der Waals surface area contributed by atoms with Crippen molar-refractivity contribution in [2.75, 3.05) is 26.4 Å². The van der Waals surface area contributed by atoms with Gasteiger partial charge in [-0.1, -0.05) is 94.3 Å². The van der Waals surface area contributed by atoms with E-state index in [0.717, 1.165) is 54.5 Å². The van der Waals surface area contributed by atoms with Crippen LogP contribution in [0.15, 0.2) is 59.5 Å². The number of phosphoric acid groups is 1. The third-order valence-electron chi connectivity index (χ3n) is 7.25. The van der Waals surface area contributed by atoms with E-state index in [2.05, 4.69) is 20.8 Å². The summed E-state index contributed by atoms with van der Waals surface area (Å²) in [4.78, 5) is 0.993. The lowest BCUT2D eigenvalue weighted by Crippen LogP contribution is -2.60. The summed E-state index contributed by atoms with van der Waals surface area (Å²) in [5, 5.41) is 0. The lowest BCUT2D eigenvalue weighted by atomic mass is 9.99. The molecule has 2 aliphatic rings. The van der Waals surface area contributed by atoms with Crippen LogP contribution >= 0.6 is 19.6 Å². The maximum absolute atomic E-state index is 14.1. The van der Waals surface area contributed by atoms with E-state index in [4.69, 9.17) is 32.5 Å². The van der Waals surface area contributed by atoms with Gasteiger partial charge < -0.3 is 18.9 Å². The molecular weight excluding hydrogens is 575 g/mol. The quantitative estimate of drug-likeness (QED) is 0.129. The average Bonchev–Trinajstić information content (AvgIpc) is 3.17. The maximum atomic E-state index is 14.1. The van der Waals surface area contributed by atoms with Crippen molar-refractivity contribution in [3.8, 4) is 0 Å². The van der Waals surface area contributed by atoms with E-state index in [0.29, 0.717) is 26.4 Å². The molecule has 2 aromatic carbocycles. The molecule has 1 fully saturated rings. The number of fused-ring (bicyclic) bond motifs is 1. The summed E-state index contributed by atoms with van der Waals surface area (Å²) < 4.78 is 58.1. The minimum Gasteiger partial charge on any atom is -0.379 e. The molecular formula is C32H47O8PS. The van der Waals surface area contributed by atoms with Crippen molar-refractivity contribution in [3.63, 3.8) is 0 Å². The lowest BCUT2D eigenvalue weighted by molar-refractivity contribution is -0.235. The Hall–Kier alpha value is -1.26. The Morgan fingerprint density at radius 2 is 1.33 bits per heavy atom. The number of hydrogen-bond donors (Lipinski definition) is 0. The van der Waals surface area contributed by atoms with Crippen molar-refractivity contribution in [3.05, 3.63) is 65.7 Å². The van der Waals surface area contributed by atoms with Crippen molar-refractivity contribution in [1.29, 1.82) is 0 Å². The lowest BCUT2D eigenvalue weighted by Gasteiger charge is -2.46. The molecule has 1 saturated heterocycles. The van der Waals surface area contributed by atoms with Crippen LogP contribution in [-0.4, -0.2) is 56.3 Å². The fourth-order valence-corrected chi connectivity index (χ4v) is 7.33. The van der Waals surface area contributed by atoms with Crippen LogP contribution in [0.1, 0.15) is 70.4 Å². The number of thioether (sulfide) groups is 1. The Morgan fingerprint density at radius 3 is 1.95 bits per heavy atom. The third kappa shape index (κ3) is 9.88. The van der Waals surface area contributed by atoms with Gasteiger partial charge in [0.1, 0.15) is 29.9 Å². The monoisotopic (exact) mass is 622 g/mol. The molecule has 5 atom stereocenters. The highest BCUT2D eigenvalue weighted by Crippen LogP contribution is 2.56. The second-order valence-electron chi connectivity index (χ2n) is 10.6. The van der Waals surface area contributed by atoms with Gasteiger partial charge in [0.15, 0.2) is 0 Å². The van der Waals surface area contributed by atoms with E-state index in [1.165, 1.54) is 11.8 Å². The van der Waals surface area contributed by atoms with E-state index in [9.17, 15) is 4.57 Å². The first kappa shape index (κ1) is 33.6. The predicted molar refractivity (Wildman–Crippen MR) is 164 cm³/mol. The maximum Gasteiger partial charge on any atom is 0.475 e. The summed E-state index contributed by atoms with van der Waals surface area (Å²) in [6.07, 6.45) is 3.52. The minimum atomic E-state index is -3.99. The third-order valence-corrected chi connectivity index (χ3v) is 9.80. The Kier molecular flexibility index (Phi) is 14.3. The van der Waals surface area contributed by atoms with Gasteiger partial charge in [-0.25, -0.2) is 4.57 Å². The van der Waals surface area contributed by atoms with Gasteiger partial charge in [-0.3, -0.25) is 13.6 Å². The van der Waals surface area contributed by atoms with Crippen LogP contribution in [0.25, 0.3) is 0 Å². The zero-order chi connectivity index (χ0) is 29.6. The molecule has 5 unspecified atom stereocenters. The van der Waals surface area contributed by atoms with Gasteiger partial charge in [0.05, 0.1) is 19.8 Å². The van der Waals surface area contributed by atoms with Crippen LogP contribution in [0.4, 0.5) is 0 Å². The smallest absolute Gasteiger partial charge is 0.379 e. The molecule has 0 aromatic heterocycles. The molecule has 0 bridgehead atoms. The molecule has 0 spiro atoms. The van der Waals surface area contributed by atoms with Gasteiger partial charge in [0.2, 0.25) is 0 Å². The van der Waals surface area contributed by atoms with Gasteiger partial charge in [-0.05, 0) is 42.5 Å². The van der Waals surface area contributed by atoms with Crippen LogP contribution in [0.2, 0.25) is 0 Å². The molecule has 0 N–H and O–H groups in total. The minimum absolute atomic E-state index is 0.128. The molecule has 0 radical (unpaired) electrons. The highest BCUT2D eigenvalue weighted by atomic mass is 32.2. The van der Waals surface area contributed by atoms with E-state index in [-0.39, 0.29) is 13.2 Å². The number of hydrogen-bond acceptors (Lipinski definition) is 9. The van der Waals surface area contributed by atoms with E-state index in [1.807, 2.05) is 54.6 Å². The molecule has 0 amide bonds. The molecule has 234 valence electrons. The van der Waals surface area contributed by atoms with Crippen LogP contribution in [0.5, 0.6) is 0 Å². The summed E-state index contributed by atoms with van der Waals surface area (Å²) in [5.74, 6) is 0. The van der Waals surface area contributed by atoms with Crippen molar-refractivity contribution in [2.45, 2.75) is 107 Å². The van der Waals surface area contributed by atoms with Gasteiger partial charge in [-0.2, -0.15) is 0 Å². The Morgan fingerprint density at radius 1 is 0.762 bits per heavy atom. The largest absolute Gasteiger partial charge is 0.475 e. The predicted octanol–water partition coefficient (Wildman–Crippen LogP) is 7.93. The Balaban J connectivity index is 1.64. The summed E-state index contributed by atoms with van der Waals surface area (Å²) in [7, 11) is -3.99. The average molecular weight is 623 g/mol.